The van der Waals surface area contributed by atoms with Crippen molar-refractivity contribution in [3.05, 3.63) is 59.1 Å². The van der Waals surface area contributed by atoms with Crippen LogP contribution in [0.15, 0.2) is 58.4 Å². The van der Waals surface area contributed by atoms with E-state index in [1.54, 1.807) is 6.07 Å². The predicted octanol–water partition coefficient (Wildman–Crippen LogP) is 3.88. The summed E-state index contributed by atoms with van der Waals surface area (Å²) in [6, 6.07) is 14.2. The van der Waals surface area contributed by atoms with Gasteiger partial charge in [0, 0.05) is 26.2 Å². The van der Waals surface area contributed by atoms with Gasteiger partial charge in [-0.2, -0.15) is 0 Å². The van der Waals surface area contributed by atoms with Crippen molar-refractivity contribution in [2.75, 3.05) is 26.4 Å². The van der Waals surface area contributed by atoms with Crippen molar-refractivity contribution in [2.45, 2.75) is 24.0 Å². The number of aliphatic hydroxyl groups is 1. The van der Waals surface area contributed by atoms with Crippen LogP contribution in [0, 0.1) is 0 Å². The van der Waals surface area contributed by atoms with Crippen LogP contribution in [0.4, 0.5) is 5.69 Å². The molecular formula is C20H24ClN3O3S2. The van der Waals surface area contributed by atoms with Gasteiger partial charge >= 0.3 is 0 Å². The van der Waals surface area contributed by atoms with Gasteiger partial charge < -0.3 is 10.0 Å². The first kappa shape index (κ1) is 22.1. The monoisotopic (exact) mass is 453 g/mol. The molecule has 1 atom stereocenters. The standard InChI is InChI=1S/C20H24ClN3O3S2/c1-4-12-24-19(22-16-8-6-5-7-9-16)28-14-20(24,25)15-10-11-17(21)18(13-15)29(26,27)23(2)3/h5-11,13,25H,4,12,14H2,1-3H3. The lowest BCUT2D eigenvalue weighted by Gasteiger charge is -2.34. The minimum atomic E-state index is -3.74. The van der Waals surface area contributed by atoms with Crippen LogP contribution >= 0.6 is 23.4 Å². The maximum atomic E-state index is 12.7. The zero-order valence-corrected chi connectivity index (χ0v) is 18.9. The zero-order chi connectivity index (χ0) is 21.2. The molecule has 0 spiro atoms. The third-order valence-corrected chi connectivity index (χ3v) is 8.07. The molecule has 1 saturated heterocycles. The lowest BCUT2D eigenvalue weighted by atomic mass is 10.0. The second-order valence-electron chi connectivity index (χ2n) is 6.92. The molecule has 1 fully saturated rings. The number of amidine groups is 1. The number of hydrogen-bond donors (Lipinski definition) is 1. The third kappa shape index (κ3) is 4.32. The fourth-order valence-corrected chi connectivity index (χ4v) is 5.69. The van der Waals surface area contributed by atoms with Crippen molar-refractivity contribution in [1.82, 2.24) is 9.21 Å². The van der Waals surface area contributed by atoms with Gasteiger partial charge in [-0.05, 0) is 30.7 Å². The van der Waals surface area contributed by atoms with Crippen LogP contribution in [0.1, 0.15) is 18.9 Å². The van der Waals surface area contributed by atoms with Crippen LogP contribution in [-0.2, 0) is 15.7 Å². The van der Waals surface area contributed by atoms with Gasteiger partial charge in [-0.25, -0.2) is 17.7 Å². The van der Waals surface area contributed by atoms with E-state index in [0.29, 0.717) is 23.0 Å². The molecule has 0 saturated carbocycles. The van der Waals surface area contributed by atoms with Gasteiger partial charge in [0.1, 0.15) is 4.90 Å². The molecule has 0 amide bonds. The first-order chi connectivity index (χ1) is 13.7. The number of hydrogen-bond acceptors (Lipinski definition) is 5. The second-order valence-corrected chi connectivity index (χ2v) is 10.4. The molecule has 1 heterocycles. The third-order valence-electron chi connectivity index (χ3n) is 4.66. The van der Waals surface area contributed by atoms with Crippen LogP contribution in [0.3, 0.4) is 0 Å². The molecule has 1 aliphatic heterocycles. The molecule has 6 nitrogen and oxygen atoms in total. The number of halogens is 1. The van der Waals surface area contributed by atoms with Gasteiger partial charge in [-0.1, -0.05) is 54.6 Å². The maximum absolute atomic E-state index is 12.7. The molecule has 156 valence electrons. The van der Waals surface area contributed by atoms with Crippen molar-refractivity contribution in [3.8, 4) is 0 Å². The molecule has 1 unspecified atom stereocenters. The average Bonchev–Trinajstić information content (AvgIpc) is 3.00. The summed E-state index contributed by atoms with van der Waals surface area (Å²) in [5.74, 6) is 0.335. The molecule has 1 aliphatic rings. The van der Waals surface area contributed by atoms with E-state index in [1.807, 2.05) is 42.2 Å². The van der Waals surface area contributed by atoms with E-state index in [1.165, 1.54) is 38.0 Å². The Labute approximate surface area is 181 Å². The number of thioether (sulfide) groups is 1. The lowest BCUT2D eigenvalue weighted by Crippen LogP contribution is -2.45. The number of benzene rings is 2. The first-order valence-corrected chi connectivity index (χ1v) is 12.0. The molecule has 2 aromatic rings. The average molecular weight is 454 g/mol. The number of rotatable bonds is 6. The van der Waals surface area contributed by atoms with E-state index in [4.69, 9.17) is 11.6 Å². The molecule has 3 rings (SSSR count). The van der Waals surface area contributed by atoms with Crippen molar-refractivity contribution in [1.29, 1.82) is 0 Å². The fraction of sp³-hybridized carbons (Fsp3) is 0.350. The van der Waals surface area contributed by atoms with Gasteiger partial charge in [-0.3, -0.25) is 0 Å². The fourth-order valence-electron chi connectivity index (χ4n) is 3.08. The van der Waals surface area contributed by atoms with Crippen molar-refractivity contribution in [3.63, 3.8) is 0 Å². The Balaban J connectivity index is 2.06. The Hall–Kier alpha value is -1.58. The van der Waals surface area contributed by atoms with E-state index in [2.05, 4.69) is 4.99 Å². The summed E-state index contributed by atoms with van der Waals surface area (Å²) >= 11 is 7.62. The molecule has 0 bridgehead atoms. The minimum Gasteiger partial charge on any atom is -0.366 e. The number of aliphatic imine (C=N–C) groups is 1. The van der Waals surface area contributed by atoms with Crippen molar-refractivity contribution in [2.24, 2.45) is 4.99 Å². The summed E-state index contributed by atoms with van der Waals surface area (Å²) in [6.07, 6.45) is 0.799. The second kappa shape index (κ2) is 8.65. The van der Waals surface area contributed by atoms with Gasteiger partial charge in [0.05, 0.1) is 16.5 Å². The first-order valence-electron chi connectivity index (χ1n) is 9.19. The molecule has 29 heavy (non-hydrogen) atoms. The van der Waals surface area contributed by atoms with E-state index >= 15 is 0 Å². The highest BCUT2D eigenvalue weighted by Crippen LogP contribution is 2.41. The van der Waals surface area contributed by atoms with Crippen LogP contribution in [0.2, 0.25) is 5.02 Å². The molecule has 0 radical (unpaired) electrons. The highest BCUT2D eigenvalue weighted by Gasteiger charge is 2.45. The molecule has 0 aliphatic carbocycles. The normalized spacial score (nSPS) is 21.3. The molecule has 1 N–H and O–H groups in total. The van der Waals surface area contributed by atoms with E-state index < -0.39 is 15.7 Å². The van der Waals surface area contributed by atoms with E-state index in [0.717, 1.165) is 16.4 Å². The van der Waals surface area contributed by atoms with E-state index in [-0.39, 0.29) is 9.92 Å². The molecule has 9 heteroatoms. The minimum absolute atomic E-state index is 0.0232. The summed E-state index contributed by atoms with van der Waals surface area (Å²) in [5, 5.41) is 12.4. The Morgan fingerprint density at radius 2 is 1.93 bits per heavy atom. The van der Waals surface area contributed by atoms with Gasteiger partial charge in [0.15, 0.2) is 10.9 Å². The Morgan fingerprint density at radius 3 is 2.55 bits per heavy atom. The Kier molecular flexibility index (Phi) is 6.60. The van der Waals surface area contributed by atoms with Crippen LogP contribution < -0.4 is 0 Å². The van der Waals surface area contributed by atoms with Gasteiger partial charge in [0.25, 0.3) is 0 Å². The van der Waals surface area contributed by atoms with E-state index in [9.17, 15) is 13.5 Å². The smallest absolute Gasteiger partial charge is 0.244 e. The highest BCUT2D eigenvalue weighted by atomic mass is 35.5. The summed E-state index contributed by atoms with van der Waals surface area (Å²) in [4.78, 5) is 6.50. The SMILES string of the molecule is CCCN1C(=Nc2ccccc2)SCC1(O)c1ccc(Cl)c(S(=O)(=O)N(C)C)c1. The number of sulfonamides is 1. The van der Waals surface area contributed by atoms with Crippen molar-refractivity contribution < 1.29 is 13.5 Å². The van der Waals surface area contributed by atoms with Crippen LogP contribution in [0.5, 0.6) is 0 Å². The van der Waals surface area contributed by atoms with Gasteiger partial charge in [0.2, 0.25) is 10.0 Å². The van der Waals surface area contributed by atoms with Crippen LogP contribution in [0.25, 0.3) is 0 Å². The largest absolute Gasteiger partial charge is 0.366 e. The maximum Gasteiger partial charge on any atom is 0.244 e. The molecular weight excluding hydrogens is 430 g/mol. The summed E-state index contributed by atoms with van der Waals surface area (Å²) in [7, 11) is -0.842. The lowest BCUT2D eigenvalue weighted by molar-refractivity contribution is -0.0477. The Morgan fingerprint density at radius 1 is 1.24 bits per heavy atom. The highest BCUT2D eigenvalue weighted by molar-refractivity contribution is 8.14. The molecule has 2 aromatic carbocycles. The predicted molar refractivity (Wildman–Crippen MR) is 119 cm³/mol. The van der Waals surface area contributed by atoms with Crippen molar-refractivity contribution >= 4 is 44.2 Å². The summed E-state index contributed by atoms with van der Waals surface area (Å²) in [5.41, 5.74) is -0.107. The van der Waals surface area contributed by atoms with Crippen LogP contribution in [-0.4, -0.2) is 54.3 Å². The Bertz CT molecular complexity index is 1010. The summed E-state index contributed by atoms with van der Waals surface area (Å²) < 4.78 is 26.4. The number of para-hydroxylation sites is 1. The zero-order valence-electron chi connectivity index (χ0n) is 16.5. The topological polar surface area (TPSA) is 73.2 Å². The van der Waals surface area contributed by atoms with Gasteiger partial charge in [-0.15, -0.1) is 0 Å². The summed E-state index contributed by atoms with van der Waals surface area (Å²) in [6.45, 7) is 2.60. The quantitative estimate of drug-likeness (QED) is 0.718. The molecule has 0 aromatic heterocycles. The number of nitrogens with zero attached hydrogens (tertiary/aromatic N) is 3.